The van der Waals surface area contributed by atoms with Crippen molar-refractivity contribution >= 4 is 11.6 Å². The van der Waals surface area contributed by atoms with E-state index >= 15 is 0 Å². The minimum atomic E-state index is 0.000417. The lowest BCUT2D eigenvalue weighted by Gasteiger charge is -2.19. The van der Waals surface area contributed by atoms with Gasteiger partial charge in [-0.1, -0.05) is 6.92 Å². The average molecular weight is 276 g/mol. The highest BCUT2D eigenvalue weighted by Crippen LogP contribution is 2.37. The van der Waals surface area contributed by atoms with E-state index in [1.807, 2.05) is 10.8 Å². The van der Waals surface area contributed by atoms with E-state index in [2.05, 4.69) is 17.1 Å². The summed E-state index contributed by atoms with van der Waals surface area (Å²) < 4.78 is 2.03. The first-order valence-corrected chi connectivity index (χ1v) is 7.68. The van der Waals surface area contributed by atoms with Crippen LogP contribution in [-0.2, 0) is 0 Å². The van der Waals surface area contributed by atoms with Crippen LogP contribution in [0.3, 0.4) is 0 Å². The van der Waals surface area contributed by atoms with Crippen molar-refractivity contribution in [1.29, 1.82) is 0 Å². The van der Waals surface area contributed by atoms with Gasteiger partial charge in [-0.3, -0.25) is 9.69 Å². The number of carbonyl (C=O) groups excluding carboxylic acids is 1. The van der Waals surface area contributed by atoms with Gasteiger partial charge in [-0.25, -0.2) is 0 Å². The van der Waals surface area contributed by atoms with Crippen LogP contribution in [0.15, 0.2) is 12.3 Å². The van der Waals surface area contributed by atoms with Crippen LogP contribution in [0, 0.1) is 0 Å². The SMILES string of the molecule is CCN(CCNC(=O)c1cc(N)cn1C1CC1)C1CC1. The number of anilines is 1. The molecule has 2 aliphatic carbocycles. The second-order valence-corrected chi connectivity index (χ2v) is 5.91. The summed E-state index contributed by atoms with van der Waals surface area (Å²) in [6.07, 6.45) is 6.81. The summed E-state index contributed by atoms with van der Waals surface area (Å²) >= 11 is 0. The minimum Gasteiger partial charge on any atom is -0.397 e. The fraction of sp³-hybridized carbons (Fsp3) is 0.667. The van der Waals surface area contributed by atoms with Gasteiger partial charge in [0.15, 0.2) is 0 Å². The first kappa shape index (κ1) is 13.5. The lowest BCUT2D eigenvalue weighted by molar-refractivity contribution is 0.0938. The van der Waals surface area contributed by atoms with Crippen LogP contribution in [0.5, 0.6) is 0 Å². The number of aromatic nitrogens is 1. The van der Waals surface area contributed by atoms with Crippen LogP contribution in [0.2, 0.25) is 0 Å². The van der Waals surface area contributed by atoms with Crippen molar-refractivity contribution in [1.82, 2.24) is 14.8 Å². The summed E-state index contributed by atoms with van der Waals surface area (Å²) in [5, 5.41) is 3.03. The molecule has 0 unspecified atom stereocenters. The Morgan fingerprint density at radius 3 is 2.80 bits per heavy atom. The predicted octanol–water partition coefficient (Wildman–Crippen LogP) is 1.62. The number of hydrogen-bond donors (Lipinski definition) is 2. The van der Waals surface area contributed by atoms with E-state index < -0.39 is 0 Å². The highest BCUT2D eigenvalue weighted by atomic mass is 16.1. The van der Waals surface area contributed by atoms with Gasteiger partial charge in [0.1, 0.15) is 5.69 Å². The average Bonchev–Trinajstić information content (AvgIpc) is 3.33. The minimum absolute atomic E-state index is 0.000417. The zero-order chi connectivity index (χ0) is 14.1. The Morgan fingerprint density at radius 2 is 2.20 bits per heavy atom. The van der Waals surface area contributed by atoms with Gasteiger partial charge in [-0.2, -0.15) is 0 Å². The summed E-state index contributed by atoms with van der Waals surface area (Å²) in [6.45, 7) is 4.89. The number of nitrogens with zero attached hydrogens (tertiary/aromatic N) is 2. The van der Waals surface area contributed by atoms with Gasteiger partial charge in [0, 0.05) is 31.4 Å². The molecule has 1 heterocycles. The fourth-order valence-corrected chi connectivity index (χ4v) is 2.78. The summed E-state index contributed by atoms with van der Waals surface area (Å²) in [5.74, 6) is 0.000417. The van der Waals surface area contributed by atoms with E-state index in [1.54, 1.807) is 6.07 Å². The van der Waals surface area contributed by atoms with Crippen molar-refractivity contribution in [2.75, 3.05) is 25.4 Å². The number of hydrogen-bond acceptors (Lipinski definition) is 3. The van der Waals surface area contributed by atoms with E-state index in [4.69, 9.17) is 5.73 Å². The molecule has 1 aromatic rings. The molecule has 2 saturated carbocycles. The molecule has 0 radical (unpaired) electrons. The maximum atomic E-state index is 12.3. The van der Waals surface area contributed by atoms with Gasteiger partial charge in [0.05, 0.1) is 5.69 Å². The van der Waals surface area contributed by atoms with Crippen molar-refractivity contribution in [2.24, 2.45) is 0 Å². The third kappa shape index (κ3) is 2.98. The Hall–Kier alpha value is -1.49. The highest BCUT2D eigenvalue weighted by molar-refractivity contribution is 5.93. The largest absolute Gasteiger partial charge is 0.397 e. The van der Waals surface area contributed by atoms with Crippen LogP contribution in [-0.4, -0.2) is 41.1 Å². The molecule has 0 aromatic carbocycles. The molecule has 5 nitrogen and oxygen atoms in total. The molecule has 3 N–H and O–H groups in total. The Morgan fingerprint density at radius 1 is 1.45 bits per heavy atom. The quantitative estimate of drug-likeness (QED) is 0.795. The summed E-state index contributed by atoms with van der Waals surface area (Å²) in [6, 6.07) is 3.01. The Labute approximate surface area is 120 Å². The Balaban J connectivity index is 1.53. The van der Waals surface area contributed by atoms with Crippen LogP contribution < -0.4 is 11.1 Å². The molecule has 110 valence electrons. The lowest BCUT2D eigenvalue weighted by atomic mass is 10.3. The maximum Gasteiger partial charge on any atom is 0.268 e. The van der Waals surface area contributed by atoms with Crippen LogP contribution >= 0.6 is 0 Å². The van der Waals surface area contributed by atoms with Gasteiger partial charge in [-0.05, 0) is 38.3 Å². The Bertz CT molecular complexity index is 488. The number of rotatable bonds is 7. The van der Waals surface area contributed by atoms with Crippen molar-refractivity contribution in [2.45, 2.75) is 44.7 Å². The number of carbonyl (C=O) groups is 1. The molecular formula is C15H24N4O. The Kier molecular flexibility index (Phi) is 3.70. The van der Waals surface area contributed by atoms with Gasteiger partial charge < -0.3 is 15.6 Å². The van der Waals surface area contributed by atoms with E-state index in [9.17, 15) is 4.79 Å². The smallest absolute Gasteiger partial charge is 0.268 e. The third-order valence-electron chi connectivity index (χ3n) is 4.20. The second kappa shape index (κ2) is 5.48. The second-order valence-electron chi connectivity index (χ2n) is 5.91. The lowest BCUT2D eigenvalue weighted by Crippen LogP contribution is -2.36. The van der Waals surface area contributed by atoms with Crippen molar-refractivity contribution in [3.63, 3.8) is 0 Å². The number of likely N-dealkylation sites (N-methyl/N-ethyl adjacent to an activating group) is 1. The molecule has 0 aliphatic heterocycles. The molecular weight excluding hydrogens is 252 g/mol. The van der Waals surface area contributed by atoms with Crippen LogP contribution in [0.25, 0.3) is 0 Å². The molecule has 2 fully saturated rings. The molecule has 0 saturated heterocycles. The van der Waals surface area contributed by atoms with Crippen molar-refractivity contribution < 1.29 is 4.79 Å². The molecule has 1 amide bonds. The van der Waals surface area contributed by atoms with Gasteiger partial charge in [0.2, 0.25) is 0 Å². The topological polar surface area (TPSA) is 63.3 Å². The first-order chi connectivity index (χ1) is 9.69. The first-order valence-electron chi connectivity index (χ1n) is 7.68. The van der Waals surface area contributed by atoms with Crippen LogP contribution in [0.1, 0.15) is 49.1 Å². The predicted molar refractivity (Wildman–Crippen MR) is 79.7 cm³/mol. The monoisotopic (exact) mass is 276 g/mol. The molecule has 20 heavy (non-hydrogen) atoms. The van der Waals surface area contributed by atoms with Crippen molar-refractivity contribution in [3.05, 3.63) is 18.0 Å². The molecule has 0 atom stereocenters. The van der Waals surface area contributed by atoms with Gasteiger partial charge in [0.25, 0.3) is 5.91 Å². The summed E-state index contributed by atoms with van der Waals surface area (Å²) in [7, 11) is 0. The van der Waals surface area contributed by atoms with E-state index in [-0.39, 0.29) is 5.91 Å². The number of nitrogens with one attached hydrogen (secondary N) is 1. The molecule has 3 rings (SSSR count). The van der Waals surface area contributed by atoms with E-state index in [0.29, 0.717) is 24.0 Å². The fourth-order valence-electron chi connectivity index (χ4n) is 2.78. The van der Waals surface area contributed by atoms with Gasteiger partial charge >= 0.3 is 0 Å². The standard InChI is InChI=1S/C15H24N4O/c1-2-18(12-3-4-12)8-7-17-15(20)14-9-11(16)10-19(14)13-5-6-13/h9-10,12-13H,2-8,16H2,1H3,(H,17,20). The molecule has 2 aliphatic rings. The summed E-state index contributed by atoms with van der Waals surface area (Å²) in [4.78, 5) is 14.7. The third-order valence-corrected chi connectivity index (χ3v) is 4.20. The zero-order valence-corrected chi connectivity index (χ0v) is 12.1. The zero-order valence-electron chi connectivity index (χ0n) is 12.1. The molecule has 5 heteroatoms. The molecule has 0 bridgehead atoms. The molecule has 1 aromatic heterocycles. The normalized spacial score (nSPS) is 18.5. The summed E-state index contributed by atoms with van der Waals surface area (Å²) in [5.41, 5.74) is 7.20. The van der Waals surface area contributed by atoms with Crippen LogP contribution in [0.4, 0.5) is 5.69 Å². The maximum absolute atomic E-state index is 12.3. The van der Waals surface area contributed by atoms with E-state index in [0.717, 1.165) is 32.0 Å². The number of nitrogen functional groups attached to an aromatic ring is 1. The van der Waals surface area contributed by atoms with E-state index in [1.165, 1.54) is 12.8 Å². The van der Waals surface area contributed by atoms with Gasteiger partial charge in [-0.15, -0.1) is 0 Å². The number of nitrogens with two attached hydrogens (primary N) is 1. The highest BCUT2D eigenvalue weighted by Gasteiger charge is 2.29. The molecule has 0 spiro atoms. The van der Waals surface area contributed by atoms with Crippen molar-refractivity contribution in [3.8, 4) is 0 Å². The number of amides is 1.